The van der Waals surface area contributed by atoms with Crippen molar-refractivity contribution >= 4 is 16.6 Å². The highest BCUT2D eigenvalue weighted by Crippen LogP contribution is 2.26. The van der Waals surface area contributed by atoms with Gasteiger partial charge in [-0.1, -0.05) is 30.3 Å². The third-order valence-corrected chi connectivity index (χ3v) is 5.52. The SMILES string of the molecule is Cc1cccc(-n2cc(-c3ccc4c(cnn4C)c3)nc2CNc2ccccc2C)n1. The Hall–Kier alpha value is -3.93. The summed E-state index contributed by atoms with van der Waals surface area (Å²) in [5, 5.41) is 8.98. The van der Waals surface area contributed by atoms with E-state index >= 15 is 0 Å². The van der Waals surface area contributed by atoms with Gasteiger partial charge in [-0.05, 0) is 49.7 Å². The first kappa shape index (κ1) is 19.1. The van der Waals surface area contributed by atoms with Crippen molar-refractivity contribution in [3.05, 3.63) is 90.1 Å². The van der Waals surface area contributed by atoms with Crippen molar-refractivity contribution in [1.29, 1.82) is 0 Å². The molecule has 2 aromatic carbocycles. The Bertz CT molecular complexity index is 1380. The van der Waals surface area contributed by atoms with E-state index in [-0.39, 0.29) is 0 Å². The molecule has 5 aromatic rings. The van der Waals surface area contributed by atoms with Crippen LogP contribution < -0.4 is 5.32 Å². The zero-order chi connectivity index (χ0) is 21.4. The summed E-state index contributed by atoms with van der Waals surface area (Å²) in [6.45, 7) is 4.70. The number of fused-ring (bicyclic) bond motifs is 1. The molecule has 1 N–H and O–H groups in total. The van der Waals surface area contributed by atoms with Crippen LogP contribution in [-0.2, 0) is 13.6 Å². The number of benzene rings is 2. The summed E-state index contributed by atoms with van der Waals surface area (Å²) in [6.07, 6.45) is 3.95. The molecule has 0 spiro atoms. The largest absolute Gasteiger partial charge is 0.378 e. The number of anilines is 1. The molecule has 0 aliphatic rings. The number of nitrogens with one attached hydrogen (secondary N) is 1. The first-order valence-corrected chi connectivity index (χ1v) is 10.3. The molecule has 6 heteroatoms. The van der Waals surface area contributed by atoms with Crippen LogP contribution in [0.4, 0.5) is 5.69 Å². The Morgan fingerprint density at radius 1 is 0.935 bits per heavy atom. The van der Waals surface area contributed by atoms with Gasteiger partial charge in [-0.25, -0.2) is 9.97 Å². The van der Waals surface area contributed by atoms with Crippen LogP contribution in [0, 0.1) is 13.8 Å². The van der Waals surface area contributed by atoms with Crippen molar-refractivity contribution in [1.82, 2.24) is 24.3 Å². The Balaban J connectivity index is 1.56. The van der Waals surface area contributed by atoms with Crippen molar-refractivity contribution in [3.63, 3.8) is 0 Å². The lowest BCUT2D eigenvalue weighted by Gasteiger charge is -2.11. The number of hydrogen-bond donors (Lipinski definition) is 1. The molecule has 0 saturated heterocycles. The van der Waals surface area contributed by atoms with Gasteiger partial charge in [0.25, 0.3) is 0 Å². The number of para-hydroxylation sites is 1. The quantitative estimate of drug-likeness (QED) is 0.442. The van der Waals surface area contributed by atoms with Gasteiger partial charge < -0.3 is 5.32 Å². The van der Waals surface area contributed by atoms with Crippen LogP contribution in [0.2, 0.25) is 0 Å². The summed E-state index contributed by atoms with van der Waals surface area (Å²) < 4.78 is 3.95. The molecule has 3 heterocycles. The van der Waals surface area contributed by atoms with E-state index in [1.54, 1.807) is 0 Å². The van der Waals surface area contributed by atoms with Crippen molar-refractivity contribution in [3.8, 4) is 17.1 Å². The van der Waals surface area contributed by atoms with E-state index in [1.165, 1.54) is 5.56 Å². The Kier molecular flexibility index (Phi) is 4.75. The fourth-order valence-corrected chi connectivity index (χ4v) is 3.81. The van der Waals surface area contributed by atoms with Crippen molar-refractivity contribution in [2.75, 3.05) is 5.32 Å². The second-order valence-electron chi connectivity index (χ2n) is 7.76. The van der Waals surface area contributed by atoms with Gasteiger partial charge >= 0.3 is 0 Å². The molecule has 0 aliphatic carbocycles. The van der Waals surface area contributed by atoms with Gasteiger partial charge in [0.1, 0.15) is 11.6 Å². The molecule has 154 valence electrons. The van der Waals surface area contributed by atoms with Crippen LogP contribution in [-0.4, -0.2) is 24.3 Å². The van der Waals surface area contributed by atoms with E-state index in [2.05, 4.69) is 58.4 Å². The molecule has 0 radical (unpaired) electrons. The fraction of sp³-hybridized carbons (Fsp3) is 0.160. The van der Waals surface area contributed by atoms with Gasteiger partial charge in [0.15, 0.2) is 0 Å². The van der Waals surface area contributed by atoms with Gasteiger partial charge in [0, 0.05) is 35.6 Å². The van der Waals surface area contributed by atoms with E-state index < -0.39 is 0 Å². The number of hydrogen-bond acceptors (Lipinski definition) is 4. The van der Waals surface area contributed by atoms with E-state index in [1.807, 2.05) is 55.2 Å². The first-order valence-electron chi connectivity index (χ1n) is 10.3. The zero-order valence-corrected chi connectivity index (χ0v) is 17.9. The van der Waals surface area contributed by atoms with Gasteiger partial charge in [0.2, 0.25) is 0 Å². The van der Waals surface area contributed by atoms with Crippen LogP contribution >= 0.6 is 0 Å². The van der Waals surface area contributed by atoms with Gasteiger partial charge in [-0.2, -0.15) is 5.10 Å². The lowest BCUT2D eigenvalue weighted by Crippen LogP contribution is -2.09. The van der Waals surface area contributed by atoms with E-state index in [0.29, 0.717) is 6.54 Å². The predicted octanol–water partition coefficient (Wildman–Crippen LogP) is 5.05. The molecular formula is C25H24N6. The first-order chi connectivity index (χ1) is 15.1. The summed E-state index contributed by atoms with van der Waals surface area (Å²) in [5.74, 6) is 1.77. The average molecular weight is 409 g/mol. The maximum absolute atomic E-state index is 4.98. The van der Waals surface area contributed by atoms with E-state index in [4.69, 9.17) is 9.97 Å². The summed E-state index contributed by atoms with van der Waals surface area (Å²) >= 11 is 0. The maximum Gasteiger partial charge on any atom is 0.138 e. The molecule has 5 rings (SSSR count). The highest BCUT2D eigenvalue weighted by Gasteiger charge is 2.14. The summed E-state index contributed by atoms with van der Waals surface area (Å²) in [5.41, 5.74) is 6.36. The maximum atomic E-state index is 4.98. The van der Waals surface area contributed by atoms with Gasteiger partial charge in [-0.15, -0.1) is 0 Å². The molecule has 0 fully saturated rings. The fourth-order valence-electron chi connectivity index (χ4n) is 3.81. The molecule has 0 unspecified atom stereocenters. The average Bonchev–Trinajstić information content (AvgIpc) is 3.37. The highest BCUT2D eigenvalue weighted by molar-refractivity contribution is 5.83. The third kappa shape index (κ3) is 3.68. The Morgan fingerprint density at radius 3 is 2.65 bits per heavy atom. The van der Waals surface area contributed by atoms with E-state index in [0.717, 1.165) is 45.2 Å². The summed E-state index contributed by atoms with van der Waals surface area (Å²) in [4.78, 5) is 9.70. The second kappa shape index (κ2) is 7.72. The Morgan fingerprint density at radius 2 is 1.81 bits per heavy atom. The molecule has 0 atom stereocenters. The highest BCUT2D eigenvalue weighted by atomic mass is 15.2. The number of rotatable bonds is 5. The lowest BCUT2D eigenvalue weighted by atomic mass is 10.1. The summed E-state index contributed by atoms with van der Waals surface area (Å²) in [7, 11) is 1.95. The van der Waals surface area contributed by atoms with Crippen LogP contribution in [0.15, 0.2) is 73.1 Å². The minimum absolute atomic E-state index is 0.593. The third-order valence-electron chi connectivity index (χ3n) is 5.52. The second-order valence-corrected chi connectivity index (χ2v) is 7.76. The van der Waals surface area contributed by atoms with Crippen LogP contribution in [0.25, 0.3) is 28.0 Å². The molecular weight excluding hydrogens is 384 g/mol. The molecule has 6 nitrogen and oxygen atoms in total. The van der Waals surface area contributed by atoms with Crippen LogP contribution in [0.5, 0.6) is 0 Å². The minimum atomic E-state index is 0.593. The number of pyridine rings is 1. The monoisotopic (exact) mass is 408 g/mol. The van der Waals surface area contributed by atoms with Gasteiger partial charge in [-0.3, -0.25) is 9.25 Å². The van der Waals surface area contributed by atoms with E-state index in [9.17, 15) is 0 Å². The molecule has 31 heavy (non-hydrogen) atoms. The number of nitrogens with zero attached hydrogens (tertiary/aromatic N) is 5. The molecule has 0 bridgehead atoms. The van der Waals surface area contributed by atoms with Crippen molar-refractivity contribution < 1.29 is 0 Å². The molecule has 0 aliphatic heterocycles. The van der Waals surface area contributed by atoms with Crippen molar-refractivity contribution in [2.24, 2.45) is 7.05 Å². The van der Waals surface area contributed by atoms with Crippen LogP contribution in [0.1, 0.15) is 17.1 Å². The lowest BCUT2D eigenvalue weighted by molar-refractivity contribution is 0.797. The molecule has 0 saturated carbocycles. The zero-order valence-electron chi connectivity index (χ0n) is 17.9. The van der Waals surface area contributed by atoms with Crippen molar-refractivity contribution in [2.45, 2.75) is 20.4 Å². The molecule has 0 amide bonds. The summed E-state index contributed by atoms with van der Waals surface area (Å²) in [6, 6.07) is 20.6. The van der Waals surface area contributed by atoms with Gasteiger partial charge in [0.05, 0.1) is 24.0 Å². The topological polar surface area (TPSA) is 60.6 Å². The normalized spacial score (nSPS) is 11.2. The number of imidazole rings is 1. The number of aromatic nitrogens is 5. The Labute approximate surface area is 181 Å². The smallest absolute Gasteiger partial charge is 0.138 e. The van der Waals surface area contributed by atoms with Crippen LogP contribution in [0.3, 0.4) is 0 Å². The predicted molar refractivity (Wildman–Crippen MR) is 124 cm³/mol. The standard InChI is InChI=1S/C25H24N6/c1-17-7-4-5-9-21(17)26-15-25-29-22(16-31(25)24-10-6-8-18(2)28-24)19-11-12-23-20(13-19)14-27-30(23)3/h4-14,16,26H,15H2,1-3H3. The molecule has 3 aromatic heterocycles. The number of aryl methyl sites for hydroxylation is 3. The minimum Gasteiger partial charge on any atom is -0.378 e.